The molecule has 0 radical (unpaired) electrons. The number of hydrogen-bond acceptors (Lipinski definition) is 3. The SMILES string of the molecule is Cc1ccc(C2CC(C(=O)NC(C)c3ccc(F)cc3)NN2)cc1. The van der Waals surface area contributed by atoms with Gasteiger partial charge in [-0.1, -0.05) is 42.0 Å². The zero-order valence-electron chi connectivity index (χ0n) is 13.8. The smallest absolute Gasteiger partial charge is 0.239 e. The Morgan fingerprint density at radius 1 is 1.12 bits per heavy atom. The highest BCUT2D eigenvalue weighted by molar-refractivity contribution is 5.82. The van der Waals surface area contributed by atoms with Crippen molar-refractivity contribution in [1.29, 1.82) is 0 Å². The van der Waals surface area contributed by atoms with E-state index in [0.29, 0.717) is 6.42 Å². The molecule has 0 aromatic heterocycles. The second-order valence-electron chi connectivity index (χ2n) is 6.32. The molecule has 3 atom stereocenters. The Kier molecular flexibility index (Phi) is 4.92. The summed E-state index contributed by atoms with van der Waals surface area (Å²) in [5.74, 6) is -0.339. The number of carbonyl (C=O) groups excluding carboxylic acids is 1. The van der Waals surface area contributed by atoms with E-state index >= 15 is 0 Å². The van der Waals surface area contributed by atoms with Gasteiger partial charge < -0.3 is 5.32 Å². The van der Waals surface area contributed by atoms with Crippen LogP contribution in [0.4, 0.5) is 4.39 Å². The van der Waals surface area contributed by atoms with Crippen LogP contribution in [0.1, 0.15) is 42.1 Å². The van der Waals surface area contributed by atoms with E-state index in [9.17, 15) is 9.18 Å². The van der Waals surface area contributed by atoms with E-state index in [2.05, 4.69) is 47.4 Å². The van der Waals surface area contributed by atoms with Gasteiger partial charge in [-0.15, -0.1) is 0 Å². The summed E-state index contributed by atoms with van der Waals surface area (Å²) < 4.78 is 13.0. The summed E-state index contributed by atoms with van der Waals surface area (Å²) in [6.45, 7) is 3.95. The fourth-order valence-electron chi connectivity index (χ4n) is 2.89. The van der Waals surface area contributed by atoms with Gasteiger partial charge in [0.2, 0.25) is 5.91 Å². The summed E-state index contributed by atoms with van der Waals surface area (Å²) >= 11 is 0. The normalized spacial score (nSPS) is 21.5. The number of nitrogens with one attached hydrogen (secondary N) is 3. The van der Waals surface area contributed by atoms with E-state index in [4.69, 9.17) is 0 Å². The van der Waals surface area contributed by atoms with Gasteiger partial charge in [-0.25, -0.2) is 15.2 Å². The zero-order valence-corrected chi connectivity index (χ0v) is 13.8. The molecule has 2 aromatic rings. The van der Waals surface area contributed by atoms with Crippen molar-refractivity contribution in [3.8, 4) is 0 Å². The van der Waals surface area contributed by atoms with Gasteiger partial charge >= 0.3 is 0 Å². The highest BCUT2D eigenvalue weighted by atomic mass is 19.1. The number of halogens is 1. The third-order valence-corrected chi connectivity index (χ3v) is 4.43. The molecular formula is C19H22FN3O. The van der Waals surface area contributed by atoms with Crippen LogP contribution in [0.15, 0.2) is 48.5 Å². The molecule has 3 unspecified atom stereocenters. The first-order valence-electron chi connectivity index (χ1n) is 8.16. The summed E-state index contributed by atoms with van der Waals surface area (Å²) in [4.78, 5) is 12.4. The Morgan fingerprint density at radius 2 is 1.79 bits per heavy atom. The maximum atomic E-state index is 13.0. The molecule has 1 aliphatic rings. The van der Waals surface area contributed by atoms with Crippen LogP contribution in [-0.2, 0) is 4.79 Å². The number of hydrazine groups is 1. The lowest BCUT2D eigenvalue weighted by Gasteiger charge is -2.17. The van der Waals surface area contributed by atoms with Gasteiger partial charge in [0, 0.05) is 6.04 Å². The predicted molar refractivity (Wildman–Crippen MR) is 91.6 cm³/mol. The van der Waals surface area contributed by atoms with Gasteiger partial charge in [-0.2, -0.15) is 0 Å². The lowest BCUT2D eigenvalue weighted by Crippen LogP contribution is -2.43. The van der Waals surface area contributed by atoms with Crippen LogP contribution in [0.5, 0.6) is 0 Å². The quantitative estimate of drug-likeness (QED) is 0.809. The summed E-state index contributed by atoms with van der Waals surface area (Å²) in [7, 11) is 0. The first-order valence-corrected chi connectivity index (χ1v) is 8.16. The van der Waals surface area contributed by atoms with Crippen molar-refractivity contribution >= 4 is 5.91 Å². The topological polar surface area (TPSA) is 53.2 Å². The second kappa shape index (κ2) is 7.11. The Hall–Kier alpha value is -2.24. The van der Waals surface area contributed by atoms with Crippen molar-refractivity contribution in [2.75, 3.05) is 0 Å². The molecule has 4 nitrogen and oxygen atoms in total. The molecule has 5 heteroatoms. The standard InChI is InChI=1S/C19H22FN3O/c1-12-3-5-15(6-4-12)17-11-18(23-22-17)19(24)21-13(2)14-7-9-16(20)10-8-14/h3-10,13,17-18,22-23H,11H2,1-2H3,(H,21,24). The monoisotopic (exact) mass is 327 g/mol. The lowest BCUT2D eigenvalue weighted by atomic mass is 10.0. The summed E-state index contributed by atoms with van der Waals surface area (Å²) in [5, 5.41) is 2.97. The highest BCUT2D eigenvalue weighted by Crippen LogP contribution is 2.23. The van der Waals surface area contributed by atoms with E-state index in [-0.39, 0.29) is 29.8 Å². The zero-order chi connectivity index (χ0) is 17.1. The molecule has 126 valence electrons. The van der Waals surface area contributed by atoms with Crippen LogP contribution in [0.25, 0.3) is 0 Å². The van der Waals surface area contributed by atoms with Crippen LogP contribution in [0, 0.1) is 12.7 Å². The molecule has 0 spiro atoms. The first-order chi connectivity index (χ1) is 11.5. The van der Waals surface area contributed by atoms with E-state index in [1.54, 1.807) is 12.1 Å². The van der Waals surface area contributed by atoms with Crippen molar-refractivity contribution < 1.29 is 9.18 Å². The minimum atomic E-state index is -0.292. The molecule has 0 bridgehead atoms. The van der Waals surface area contributed by atoms with Crippen LogP contribution in [-0.4, -0.2) is 11.9 Å². The molecule has 1 heterocycles. The van der Waals surface area contributed by atoms with Crippen molar-refractivity contribution in [2.24, 2.45) is 0 Å². The molecule has 1 amide bonds. The van der Waals surface area contributed by atoms with Gasteiger partial charge in [0.25, 0.3) is 0 Å². The predicted octanol–water partition coefficient (Wildman–Crippen LogP) is 2.92. The third-order valence-electron chi connectivity index (χ3n) is 4.43. The molecule has 24 heavy (non-hydrogen) atoms. The van der Waals surface area contributed by atoms with Crippen LogP contribution in [0.3, 0.4) is 0 Å². The number of aryl methyl sites for hydroxylation is 1. The Morgan fingerprint density at radius 3 is 2.46 bits per heavy atom. The lowest BCUT2D eigenvalue weighted by molar-refractivity contribution is -0.123. The molecule has 1 saturated heterocycles. The Balaban J connectivity index is 1.58. The summed E-state index contributed by atoms with van der Waals surface area (Å²) in [6, 6.07) is 14.1. The van der Waals surface area contributed by atoms with Gasteiger partial charge in [0.15, 0.2) is 0 Å². The molecule has 2 aromatic carbocycles. The van der Waals surface area contributed by atoms with Crippen molar-refractivity contribution in [3.63, 3.8) is 0 Å². The maximum Gasteiger partial charge on any atom is 0.239 e. The minimum absolute atomic E-state index is 0.0612. The van der Waals surface area contributed by atoms with Gasteiger partial charge in [-0.05, 0) is 43.5 Å². The largest absolute Gasteiger partial charge is 0.348 e. The molecule has 3 N–H and O–H groups in total. The highest BCUT2D eigenvalue weighted by Gasteiger charge is 2.30. The number of rotatable bonds is 4. The maximum absolute atomic E-state index is 13.0. The van der Waals surface area contributed by atoms with Crippen LogP contribution >= 0.6 is 0 Å². The minimum Gasteiger partial charge on any atom is -0.348 e. The molecule has 1 aliphatic heterocycles. The number of amides is 1. The van der Waals surface area contributed by atoms with E-state index in [1.165, 1.54) is 17.7 Å². The van der Waals surface area contributed by atoms with Crippen molar-refractivity contribution in [3.05, 3.63) is 71.0 Å². The number of carbonyl (C=O) groups is 1. The first kappa shape index (κ1) is 16.6. The Labute approximate surface area is 141 Å². The molecule has 1 fully saturated rings. The molecular weight excluding hydrogens is 305 g/mol. The number of hydrogen-bond donors (Lipinski definition) is 3. The van der Waals surface area contributed by atoms with E-state index < -0.39 is 0 Å². The van der Waals surface area contributed by atoms with E-state index in [1.807, 2.05) is 6.92 Å². The third kappa shape index (κ3) is 3.80. The van der Waals surface area contributed by atoms with Gasteiger partial charge in [-0.3, -0.25) is 4.79 Å². The Bertz CT molecular complexity index is 700. The number of benzene rings is 2. The van der Waals surface area contributed by atoms with Gasteiger partial charge in [0.05, 0.1) is 6.04 Å². The summed E-state index contributed by atoms with van der Waals surface area (Å²) in [5.41, 5.74) is 9.50. The van der Waals surface area contributed by atoms with Gasteiger partial charge in [0.1, 0.15) is 11.9 Å². The fraction of sp³-hybridized carbons (Fsp3) is 0.316. The van der Waals surface area contributed by atoms with Crippen molar-refractivity contribution in [2.45, 2.75) is 38.4 Å². The van der Waals surface area contributed by atoms with Crippen LogP contribution < -0.4 is 16.2 Å². The molecule has 0 aliphatic carbocycles. The summed E-state index contributed by atoms with van der Waals surface area (Å²) in [6.07, 6.45) is 0.686. The average molecular weight is 327 g/mol. The second-order valence-corrected chi connectivity index (χ2v) is 6.32. The molecule has 3 rings (SSSR count). The average Bonchev–Trinajstić information content (AvgIpc) is 3.06. The van der Waals surface area contributed by atoms with Crippen molar-refractivity contribution in [1.82, 2.24) is 16.2 Å². The van der Waals surface area contributed by atoms with Crippen LogP contribution in [0.2, 0.25) is 0 Å². The van der Waals surface area contributed by atoms with E-state index in [0.717, 1.165) is 11.1 Å². The fourth-order valence-corrected chi connectivity index (χ4v) is 2.89. The molecule has 0 saturated carbocycles.